The summed E-state index contributed by atoms with van der Waals surface area (Å²) in [6.07, 6.45) is 2.72. The molecule has 0 spiro atoms. The number of benzene rings is 2. The van der Waals surface area contributed by atoms with Crippen LogP contribution in [0.2, 0.25) is 0 Å². The predicted octanol–water partition coefficient (Wildman–Crippen LogP) is 4.23. The van der Waals surface area contributed by atoms with Crippen molar-refractivity contribution in [3.63, 3.8) is 0 Å². The first kappa shape index (κ1) is 17.9. The number of hydrogen-bond acceptors (Lipinski definition) is 6. The van der Waals surface area contributed by atoms with Gasteiger partial charge in [0.05, 0.1) is 18.3 Å². The van der Waals surface area contributed by atoms with Gasteiger partial charge in [-0.3, -0.25) is 0 Å². The van der Waals surface area contributed by atoms with Gasteiger partial charge in [0.25, 0.3) is 5.95 Å². The Hall–Kier alpha value is -3.48. The molecule has 0 aliphatic rings. The lowest BCUT2D eigenvalue weighted by Crippen LogP contribution is -2.03. The van der Waals surface area contributed by atoms with Gasteiger partial charge in [0, 0.05) is 11.9 Å². The largest absolute Gasteiger partial charge is 0.494 e. The molecule has 0 saturated carbocycles. The Morgan fingerprint density at radius 1 is 1.07 bits per heavy atom. The van der Waals surface area contributed by atoms with Gasteiger partial charge < -0.3 is 9.30 Å². The van der Waals surface area contributed by atoms with E-state index in [0.717, 1.165) is 46.3 Å². The van der Waals surface area contributed by atoms with E-state index in [1.165, 1.54) is 0 Å². The smallest absolute Gasteiger partial charge is 0.265 e. The number of fused-ring (bicyclic) bond motifs is 3. The molecule has 142 valence electrons. The molecule has 2 aromatic heterocycles. The fourth-order valence-electron chi connectivity index (χ4n) is 3.18. The first-order valence-electron chi connectivity index (χ1n) is 9.43. The molecule has 0 aliphatic heterocycles. The number of ether oxygens (including phenoxy) is 1. The lowest BCUT2D eigenvalue weighted by molar-refractivity contribution is 0.340. The Balaban J connectivity index is 1.59. The number of rotatable bonds is 7. The van der Waals surface area contributed by atoms with Crippen molar-refractivity contribution in [3.05, 3.63) is 54.1 Å². The molecule has 0 atom stereocenters. The van der Waals surface area contributed by atoms with Crippen molar-refractivity contribution in [3.8, 4) is 5.75 Å². The summed E-state index contributed by atoms with van der Waals surface area (Å²) in [4.78, 5) is 4.65. The van der Waals surface area contributed by atoms with Crippen LogP contribution in [0.1, 0.15) is 25.8 Å². The standard InChI is InChI=1S/C21H22N6O/c1-3-13-27-18-8-6-5-7-17(18)19-20(27)23-21(26-24-19)25-22-14-15-9-11-16(12-10-15)28-4-2/h5-12,14H,3-4,13H2,1-2H3,(H,23,25,26)/b22-14+. The topological polar surface area (TPSA) is 77.2 Å². The highest BCUT2D eigenvalue weighted by molar-refractivity contribution is 6.04. The highest BCUT2D eigenvalue weighted by Gasteiger charge is 2.13. The number of anilines is 1. The lowest BCUT2D eigenvalue weighted by atomic mass is 10.2. The number of aryl methyl sites for hydroxylation is 1. The molecule has 0 radical (unpaired) electrons. The summed E-state index contributed by atoms with van der Waals surface area (Å²) in [5, 5.41) is 13.9. The Bertz CT molecular complexity index is 1120. The maximum Gasteiger partial charge on any atom is 0.265 e. The van der Waals surface area contributed by atoms with Gasteiger partial charge in [-0.05, 0) is 49.2 Å². The maximum absolute atomic E-state index is 5.44. The Morgan fingerprint density at radius 3 is 2.68 bits per heavy atom. The third-order valence-corrected chi connectivity index (χ3v) is 4.39. The molecule has 28 heavy (non-hydrogen) atoms. The number of hydrogen-bond donors (Lipinski definition) is 1. The van der Waals surface area contributed by atoms with Crippen molar-refractivity contribution < 1.29 is 4.74 Å². The van der Waals surface area contributed by atoms with Crippen LogP contribution in [0.4, 0.5) is 5.95 Å². The minimum Gasteiger partial charge on any atom is -0.494 e. The van der Waals surface area contributed by atoms with Gasteiger partial charge in [0.2, 0.25) is 0 Å². The van der Waals surface area contributed by atoms with Crippen molar-refractivity contribution in [2.45, 2.75) is 26.8 Å². The van der Waals surface area contributed by atoms with Gasteiger partial charge >= 0.3 is 0 Å². The first-order valence-corrected chi connectivity index (χ1v) is 9.43. The average molecular weight is 374 g/mol. The Morgan fingerprint density at radius 2 is 1.89 bits per heavy atom. The number of nitrogens with zero attached hydrogens (tertiary/aromatic N) is 5. The zero-order valence-corrected chi connectivity index (χ0v) is 16.0. The van der Waals surface area contributed by atoms with E-state index < -0.39 is 0 Å². The number of para-hydroxylation sites is 1. The molecule has 0 bridgehead atoms. The van der Waals surface area contributed by atoms with E-state index in [2.05, 4.69) is 49.3 Å². The van der Waals surface area contributed by atoms with Crippen LogP contribution in [0.25, 0.3) is 22.1 Å². The zero-order valence-electron chi connectivity index (χ0n) is 16.0. The van der Waals surface area contributed by atoms with Gasteiger partial charge in [0.1, 0.15) is 11.3 Å². The van der Waals surface area contributed by atoms with Crippen LogP contribution in [-0.2, 0) is 6.54 Å². The van der Waals surface area contributed by atoms with Gasteiger partial charge in [0.15, 0.2) is 5.65 Å². The molecule has 0 unspecified atom stereocenters. The molecule has 4 aromatic rings. The van der Waals surface area contributed by atoms with E-state index in [-0.39, 0.29) is 0 Å². The summed E-state index contributed by atoms with van der Waals surface area (Å²) in [6, 6.07) is 15.9. The molecule has 0 amide bonds. The van der Waals surface area contributed by atoms with Crippen LogP contribution >= 0.6 is 0 Å². The van der Waals surface area contributed by atoms with E-state index in [1.807, 2.05) is 43.3 Å². The first-order chi connectivity index (χ1) is 13.8. The molecule has 4 rings (SSSR count). The molecule has 0 aliphatic carbocycles. The van der Waals surface area contributed by atoms with Crippen LogP contribution in [-0.4, -0.2) is 32.6 Å². The fraction of sp³-hybridized carbons (Fsp3) is 0.238. The van der Waals surface area contributed by atoms with Crippen molar-refractivity contribution in [1.29, 1.82) is 0 Å². The number of hydrazone groups is 1. The average Bonchev–Trinajstić information content (AvgIpc) is 3.03. The zero-order chi connectivity index (χ0) is 19.3. The molecule has 7 heteroatoms. The molecular weight excluding hydrogens is 352 g/mol. The van der Waals surface area contributed by atoms with Crippen LogP contribution in [0.15, 0.2) is 53.6 Å². The predicted molar refractivity (Wildman–Crippen MR) is 112 cm³/mol. The van der Waals surface area contributed by atoms with Gasteiger partial charge in [-0.1, -0.05) is 25.1 Å². The second kappa shape index (κ2) is 8.04. The molecule has 2 aromatic carbocycles. The maximum atomic E-state index is 5.44. The van der Waals surface area contributed by atoms with Gasteiger partial charge in [-0.15, -0.1) is 10.2 Å². The fourth-order valence-corrected chi connectivity index (χ4v) is 3.18. The molecule has 0 fully saturated rings. The summed E-state index contributed by atoms with van der Waals surface area (Å²) in [5.74, 6) is 1.21. The highest BCUT2D eigenvalue weighted by Crippen LogP contribution is 2.26. The second-order valence-corrected chi connectivity index (χ2v) is 6.35. The van der Waals surface area contributed by atoms with E-state index in [4.69, 9.17) is 4.74 Å². The highest BCUT2D eigenvalue weighted by atomic mass is 16.5. The second-order valence-electron chi connectivity index (χ2n) is 6.35. The van der Waals surface area contributed by atoms with E-state index in [9.17, 15) is 0 Å². The minimum absolute atomic E-state index is 0.370. The quantitative estimate of drug-likeness (QED) is 0.387. The molecule has 7 nitrogen and oxygen atoms in total. The van der Waals surface area contributed by atoms with Crippen molar-refractivity contribution in [2.75, 3.05) is 12.0 Å². The Labute approximate surface area is 163 Å². The molecular formula is C21H22N6O. The van der Waals surface area contributed by atoms with Crippen LogP contribution in [0, 0.1) is 0 Å². The summed E-state index contributed by atoms with van der Waals surface area (Å²) < 4.78 is 7.62. The van der Waals surface area contributed by atoms with E-state index >= 15 is 0 Å². The molecule has 2 heterocycles. The SMILES string of the molecule is CCCn1c2ccccc2c2nnc(N/N=C/c3ccc(OCC)cc3)nc21. The van der Waals surface area contributed by atoms with Crippen LogP contribution in [0.3, 0.4) is 0 Å². The third-order valence-electron chi connectivity index (χ3n) is 4.39. The van der Waals surface area contributed by atoms with Crippen molar-refractivity contribution in [2.24, 2.45) is 5.10 Å². The summed E-state index contributed by atoms with van der Waals surface area (Å²) in [7, 11) is 0. The van der Waals surface area contributed by atoms with E-state index in [0.29, 0.717) is 12.6 Å². The summed E-state index contributed by atoms with van der Waals surface area (Å²) >= 11 is 0. The molecule has 1 N–H and O–H groups in total. The Kier molecular flexibility index (Phi) is 5.14. The minimum atomic E-state index is 0.370. The summed E-state index contributed by atoms with van der Waals surface area (Å²) in [5.41, 5.74) is 6.58. The van der Waals surface area contributed by atoms with Crippen molar-refractivity contribution >= 4 is 34.2 Å². The van der Waals surface area contributed by atoms with Gasteiger partial charge in [-0.2, -0.15) is 10.1 Å². The monoisotopic (exact) mass is 374 g/mol. The molecule has 0 saturated heterocycles. The summed E-state index contributed by atoms with van der Waals surface area (Å²) in [6.45, 7) is 5.63. The number of nitrogens with one attached hydrogen (secondary N) is 1. The number of aromatic nitrogens is 4. The van der Waals surface area contributed by atoms with Crippen LogP contribution < -0.4 is 10.2 Å². The van der Waals surface area contributed by atoms with Crippen LogP contribution in [0.5, 0.6) is 5.75 Å². The van der Waals surface area contributed by atoms with Crippen molar-refractivity contribution in [1.82, 2.24) is 19.7 Å². The normalized spacial score (nSPS) is 11.5. The van der Waals surface area contributed by atoms with Gasteiger partial charge in [-0.25, -0.2) is 5.43 Å². The third kappa shape index (κ3) is 3.51. The lowest BCUT2D eigenvalue weighted by Gasteiger charge is -2.04. The van der Waals surface area contributed by atoms with E-state index in [1.54, 1.807) is 6.21 Å².